The minimum Gasteiger partial charge on any atom is -0.481 e. The summed E-state index contributed by atoms with van der Waals surface area (Å²) in [7, 11) is 0. The number of amides is 1. The van der Waals surface area contributed by atoms with E-state index in [0.717, 1.165) is 5.56 Å². The summed E-state index contributed by atoms with van der Waals surface area (Å²) in [5.74, 6) is -1.16. The van der Waals surface area contributed by atoms with Gasteiger partial charge in [0.1, 0.15) is 0 Å². The highest BCUT2D eigenvalue weighted by Crippen LogP contribution is 2.25. The third-order valence-electron chi connectivity index (χ3n) is 3.93. The molecule has 110 valence electrons. The Kier molecular flexibility index (Phi) is 5.13. The number of nitrogen functional groups attached to an aromatic ring is 1. The van der Waals surface area contributed by atoms with Crippen LogP contribution in [0.15, 0.2) is 18.2 Å². The Bertz CT molecular complexity index is 508. The fourth-order valence-electron chi connectivity index (χ4n) is 2.05. The number of carboxylic acid groups (broad SMARTS) is 1. The molecule has 0 fully saturated rings. The molecule has 4 N–H and O–H groups in total. The second-order valence-electron chi connectivity index (χ2n) is 5.05. The van der Waals surface area contributed by atoms with Crippen molar-refractivity contribution in [2.45, 2.75) is 33.6 Å². The van der Waals surface area contributed by atoms with E-state index in [2.05, 4.69) is 5.32 Å². The number of hydrogen-bond donors (Lipinski definition) is 3. The third kappa shape index (κ3) is 3.29. The van der Waals surface area contributed by atoms with Crippen molar-refractivity contribution >= 4 is 17.6 Å². The van der Waals surface area contributed by atoms with E-state index in [4.69, 9.17) is 5.73 Å². The number of benzene rings is 1. The largest absolute Gasteiger partial charge is 0.481 e. The molecule has 1 aromatic rings. The highest BCUT2D eigenvalue weighted by molar-refractivity contribution is 5.95. The first-order valence-corrected chi connectivity index (χ1v) is 6.74. The summed E-state index contributed by atoms with van der Waals surface area (Å²) < 4.78 is 0. The van der Waals surface area contributed by atoms with Gasteiger partial charge in [-0.15, -0.1) is 0 Å². The van der Waals surface area contributed by atoms with Gasteiger partial charge in [-0.05, 0) is 43.5 Å². The summed E-state index contributed by atoms with van der Waals surface area (Å²) in [5.41, 5.74) is 6.75. The van der Waals surface area contributed by atoms with Crippen LogP contribution in [-0.2, 0) is 4.79 Å². The summed E-state index contributed by atoms with van der Waals surface area (Å²) >= 11 is 0. The van der Waals surface area contributed by atoms with Gasteiger partial charge in [0.25, 0.3) is 5.91 Å². The van der Waals surface area contributed by atoms with Gasteiger partial charge in [-0.25, -0.2) is 0 Å². The molecule has 0 radical (unpaired) electrons. The maximum absolute atomic E-state index is 12.1. The molecule has 0 spiro atoms. The second-order valence-corrected chi connectivity index (χ2v) is 5.05. The van der Waals surface area contributed by atoms with Crippen LogP contribution in [0.2, 0.25) is 0 Å². The Morgan fingerprint density at radius 1 is 1.30 bits per heavy atom. The minimum absolute atomic E-state index is 0.123. The molecule has 0 aliphatic rings. The van der Waals surface area contributed by atoms with Crippen LogP contribution in [0.3, 0.4) is 0 Å². The molecule has 5 heteroatoms. The molecule has 1 amide bonds. The van der Waals surface area contributed by atoms with E-state index in [9.17, 15) is 14.7 Å². The molecule has 1 aromatic carbocycles. The van der Waals surface area contributed by atoms with E-state index in [0.29, 0.717) is 24.1 Å². The Hall–Kier alpha value is -2.04. The van der Waals surface area contributed by atoms with Crippen LogP contribution in [0.5, 0.6) is 0 Å². The number of hydrogen-bond acceptors (Lipinski definition) is 3. The minimum atomic E-state index is -0.904. The lowest BCUT2D eigenvalue weighted by molar-refractivity contribution is -0.149. The normalized spacial score (nSPS) is 11.2. The van der Waals surface area contributed by atoms with E-state index in [-0.39, 0.29) is 12.5 Å². The molecule has 0 unspecified atom stereocenters. The fraction of sp³-hybridized carbons (Fsp3) is 0.467. The lowest BCUT2D eigenvalue weighted by Crippen LogP contribution is -2.42. The number of nitrogens with two attached hydrogens (primary N) is 1. The molecule has 0 bridgehead atoms. The van der Waals surface area contributed by atoms with E-state index >= 15 is 0 Å². The van der Waals surface area contributed by atoms with E-state index in [1.807, 2.05) is 20.8 Å². The van der Waals surface area contributed by atoms with Crippen molar-refractivity contribution in [3.63, 3.8) is 0 Å². The number of carboxylic acids is 1. The average molecular weight is 278 g/mol. The van der Waals surface area contributed by atoms with Crippen LogP contribution < -0.4 is 11.1 Å². The second kappa shape index (κ2) is 6.41. The van der Waals surface area contributed by atoms with Crippen LogP contribution >= 0.6 is 0 Å². The maximum Gasteiger partial charge on any atom is 0.311 e. The average Bonchev–Trinajstić information content (AvgIpc) is 2.43. The SMILES string of the molecule is CCC(CC)(CNC(=O)c1ccc(N)c(C)c1)C(=O)O. The number of nitrogens with one attached hydrogen (secondary N) is 1. The quantitative estimate of drug-likeness (QED) is 0.695. The van der Waals surface area contributed by atoms with Gasteiger partial charge in [0, 0.05) is 17.8 Å². The Balaban J connectivity index is 2.80. The smallest absolute Gasteiger partial charge is 0.311 e. The van der Waals surface area contributed by atoms with Gasteiger partial charge in [-0.1, -0.05) is 13.8 Å². The van der Waals surface area contributed by atoms with Gasteiger partial charge in [0.05, 0.1) is 5.41 Å². The maximum atomic E-state index is 12.1. The van der Waals surface area contributed by atoms with Crippen LogP contribution in [-0.4, -0.2) is 23.5 Å². The third-order valence-corrected chi connectivity index (χ3v) is 3.93. The van der Waals surface area contributed by atoms with Crippen molar-refractivity contribution in [1.29, 1.82) is 0 Å². The number of aryl methyl sites for hydroxylation is 1. The lowest BCUT2D eigenvalue weighted by Gasteiger charge is -2.26. The number of carbonyl (C=O) groups is 2. The zero-order chi connectivity index (χ0) is 15.3. The van der Waals surface area contributed by atoms with Crippen molar-refractivity contribution in [3.05, 3.63) is 29.3 Å². The van der Waals surface area contributed by atoms with Gasteiger partial charge >= 0.3 is 5.97 Å². The summed E-state index contributed by atoms with van der Waals surface area (Å²) in [4.78, 5) is 23.4. The molecule has 0 aliphatic heterocycles. The summed E-state index contributed by atoms with van der Waals surface area (Å²) in [6.45, 7) is 5.58. The predicted molar refractivity (Wildman–Crippen MR) is 78.6 cm³/mol. The van der Waals surface area contributed by atoms with E-state index in [1.165, 1.54) is 0 Å². The topological polar surface area (TPSA) is 92.4 Å². The monoisotopic (exact) mass is 278 g/mol. The van der Waals surface area contributed by atoms with E-state index in [1.54, 1.807) is 18.2 Å². The first-order chi connectivity index (χ1) is 9.36. The highest BCUT2D eigenvalue weighted by atomic mass is 16.4. The molecule has 0 heterocycles. The van der Waals surface area contributed by atoms with Gasteiger partial charge in [-0.3, -0.25) is 9.59 Å². The Morgan fingerprint density at radius 2 is 1.90 bits per heavy atom. The van der Waals surface area contributed by atoms with Gasteiger partial charge in [0.15, 0.2) is 0 Å². The van der Waals surface area contributed by atoms with Crippen LogP contribution in [0.1, 0.15) is 42.6 Å². The first-order valence-electron chi connectivity index (χ1n) is 6.74. The summed E-state index contributed by atoms with van der Waals surface area (Å²) in [6, 6.07) is 5.01. The van der Waals surface area contributed by atoms with Gasteiger partial charge < -0.3 is 16.2 Å². The zero-order valence-corrected chi connectivity index (χ0v) is 12.2. The van der Waals surface area contributed by atoms with Crippen molar-refractivity contribution in [3.8, 4) is 0 Å². The number of anilines is 1. The van der Waals surface area contributed by atoms with E-state index < -0.39 is 11.4 Å². The number of carbonyl (C=O) groups excluding carboxylic acids is 1. The van der Waals surface area contributed by atoms with Crippen LogP contribution in [0.4, 0.5) is 5.69 Å². The molecule has 5 nitrogen and oxygen atoms in total. The molecule has 0 atom stereocenters. The molecular weight excluding hydrogens is 256 g/mol. The first kappa shape index (κ1) is 16.0. The van der Waals surface area contributed by atoms with Gasteiger partial charge in [0.2, 0.25) is 0 Å². The van der Waals surface area contributed by atoms with Crippen molar-refractivity contribution in [2.24, 2.45) is 5.41 Å². The standard InChI is InChI=1S/C15H22N2O3/c1-4-15(5-2,14(19)20)9-17-13(18)11-6-7-12(16)10(3)8-11/h6-8H,4-5,9,16H2,1-3H3,(H,17,18)(H,19,20). The lowest BCUT2D eigenvalue weighted by atomic mass is 9.82. The van der Waals surface area contributed by atoms with Crippen molar-refractivity contribution in [1.82, 2.24) is 5.32 Å². The molecule has 0 aliphatic carbocycles. The number of rotatable bonds is 6. The number of aliphatic carboxylic acids is 1. The predicted octanol–water partition coefficient (Wildman–Crippen LogP) is 2.20. The van der Waals surface area contributed by atoms with Crippen molar-refractivity contribution < 1.29 is 14.7 Å². The molecule has 1 rings (SSSR count). The fourth-order valence-corrected chi connectivity index (χ4v) is 2.05. The summed E-state index contributed by atoms with van der Waals surface area (Å²) in [6.07, 6.45) is 0.944. The Morgan fingerprint density at radius 3 is 2.35 bits per heavy atom. The van der Waals surface area contributed by atoms with Crippen LogP contribution in [0, 0.1) is 12.3 Å². The summed E-state index contributed by atoms with van der Waals surface area (Å²) in [5, 5.41) is 12.0. The molecule has 20 heavy (non-hydrogen) atoms. The van der Waals surface area contributed by atoms with Crippen molar-refractivity contribution in [2.75, 3.05) is 12.3 Å². The molecule has 0 aromatic heterocycles. The Labute approximate surface area is 119 Å². The zero-order valence-electron chi connectivity index (χ0n) is 12.2. The molecule has 0 saturated heterocycles. The van der Waals surface area contributed by atoms with Gasteiger partial charge in [-0.2, -0.15) is 0 Å². The highest BCUT2D eigenvalue weighted by Gasteiger charge is 2.35. The van der Waals surface area contributed by atoms with Crippen LogP contribution in [0.25, 0.3) is 0 Å². The molecule has 0 saturated carbocycles. The molecular formula is C15H22N2O3.